The lowest BCUT2D eigenvalue weighted by Gasteiger charge is -2.34. The van der Waals surface area contributed by atoms with Crippen LogP contribution in [0, 0.1) is 5.92 Å². The summed E-state index contributed by atoms with van der Waals surface area (Å²) in [5.41, 5.74) is 1.49. The van der Waals surface area contributed by atoms with E-state index in [-0.39, 0.29) is 11.8 Å². The second-order valence-corrected chi connectivity index (χ2v) is 6.51. The third kappa shape index (κ3) is 2.50. The maximum Gasteiger partial charge on any atom is 0.272 e. The summed E-state index contributed by atoms with van der Waals surface area (Å²) < 4.78 is 1.87. The van der Waals surface area contributed by atoms with Crippen molar-refractivity contribution in [2.75, 3.05) is 13.1 Å². The first-order valence-corrected chi connectivity index (χ1v) is 8.08. The van der Waals surface area contributed by atoms with Gasteiger partial charge in [0.1, 0.15) is 5.69 Å². The predicted molar refractivity (Wildman–Crippen MR) is 88.2 cm³/mol. The van der Waals surface area contributed by atoms with Gasteiger partial charge < -0.3 is 14.6 Å². The quantitative estimate of drug-likeness (QED) is 0.924. The average molecular weight is 321 g/mol. The van der Waals surface area contributed by atoms with E-state index in [9.17, 15) is 9.90 Å². The van der Waals surface area contributed by atoms with Gasteiger partial charge in [0, 0.05) is 37.0 Å². The molecular weight excluding hydrogens is 300 g/mol. The highest BCUT2D eigenvalue weighted by Crippen LogP contribution is 2.31. The Morgan fingerprint density at radius 3 is 2.82 bits per heavy atom. The second kappa shape index (κ2) is 5.94. The molecule has 2 heterocycles. The molecule has 1 aliphatic rings. The van der Waals surface area contributed by atoms with Gasteiger partial charge in [0.05, 0.1) is 11.1 Å². The van der Waals surface area contributed by atoms with Crippen molar-refractivity contribution in [2.24, 2.45) is 13.0 Å². The molecule has 0 saturated carbocycles. The molecule has 1 aromatic carbocycles. The first-order valence-electron chi connectivity index (χ1n) is 7.71. The maximum atomic E-state index is 12.9. The zero-order chi connectivity index (χ0) is 15.9. The SMILES string of the molecule is CC(O)C1CCCN(C(=O)c2c(Cl)c3ccccc3n2C)C1. The molecule has 118 valence electrons. The van der Waals surface area contributed by atoms with E-state index < -0.39 is 6.10 Å². The highest BCUT2D eigenvalue weighted by Gasteiger charge is 2.30. The Bertz CT molecular complexity index is 669. The molecule has 1 aliphatic heterocycles. The number of aryl methyl sites for hydroxylation is 1. The van der Waals surface area contributed by atoms with Crippen molar-refractivity contribution in [3.05, 3.63) is 35.0 Å². The van der Waals surface area contributed by atoms with Crippen LogP contribution in [0.4, 0.5) is 0 Å². The van der Waals surface area contributed by atoms with Crippen LogP contribution < -0.4 is 0 Å². The molecule has 3 rings (SSSR count). The number of aromatic nitrogens is 1. The van der Waals surface area contributed by atoms with Gasteiger partial charge in [-0.2, -0.15) is 0 Å². The van der Waals surface area contributed by atoms with Crippen LogP contribution in [-0.2, 0) is 7.05 Å². The van der Waals surface area contributed by atoms with Gasteiger partial charge >= 0.3 is 0 Å². The number of para-hydroxylation sites is 1. The fourth-order valence-electron chi connectivity index (χ4n) is 3.32. The third-order valence-corrected chi connectivity index (χ3v) is 5.06. The number of aliphatic hydroxyl groups excluding tert-OH is 1. The summed E-state index contributed by atoms with van der Waals surface area (Å²) in [6.45, 7) is 3.11. The number of hydrogen-bond acceptors (Lipinski definition) is 2. The Balaban J connectivity index is 1.95. The standard InChI is InChI=1S/C17H21ClN2O2/c1-11(21)12-6-5-9-20(10-12)17(22)16-15(18)13-7-3-4-8-14(13)19(16)2/h3-4,7-8,11-12,21H,5-6,9-10H2,1-2H3. The van der Waals surface area contributed by atoms with Crippen LogP contribution in [0.1, 0.15) is 30.3 Å². The number of hydrogen-bond donors (Lipinski definition) is 1. The van der Waals surface area contributed by atoms with E-state index >= 15 is 0 Å². The molecule has 0 spiro atoms. The number of rotatable bonds is 2. The molecule has 0 radical (unpaired) electrons. The maximum absolute atomic E-state index is 12.9. The van der Waals surface area contributed by atoms with Gasteiger partial charge in [0.2, 0.25) is 0 Å². The minimum atomic E-state index is -0.390. The summed E-state index contributed by atoms with van der Waals surface area (Å²) in [4.78, 5) is 14.7. The largest absolute Gasteiger partial charge is 0.393 e. The molecular formula is C17H21ClN2O2. The molecule has 2 unspecified atom stereocenters. The fourth-order valence-corrected chi connectivity index (χ4v) is 3.69. The Hall–Kier alpha value is -1.52. The molecule has 2 aromatic rings. The summed E-state index contributed by atoms with van der Waals surface area (Å²) in [6.07, 6.45) is 1.49. The lowest BCUT2D eigenvalue weighted by atomic mass is 9.93. The van der Waals surface area contributed by atoms with Crippen LogP contribution in [0.2, 0.25) is 5.02 Å². The topological polar surface area (TPSA) is 45.5 Å². The van der Waals surface area contributed by atoms with Gasteiger partial charge in [-0.05, 0) is 25.8 Å². The Morgan fingerprint density at radius 1 is 1.41 bits per heavy atom. The van der Waals surface area contributed by atoms with Crippen molar-refractivity contribution >= 4 is 28.4 Å². The number of carbonyl (C=O) groups excluding carboxylic acids is 1. The monoisotopic (exact) mass is 320 g/mol. The van der Waals surface area contributed by atoms with Gasteiger partial charge in [-0.3, -0.25) is 4.79 Å². The molecule has 1 N–H and O–H groups in total. The first-order chi connectivity index (χ1) is 10.5. The molecule has 2 atom stereocenters. The van der Waals surface area contributed by atoms with Gasteiger partial charge in [-0.15, -0.1) is 0 Å². The number of aliphatic hydroxyl groups is 1. The smallest absolute Gasteiger partial charge is 0.272 e. The van der Waals surface area contributed by atoms with Gasteiger partial charge in [0.15, 0.2) is 0 Å². The number of likely N-dealkylation sites (tertiary alicyclic amines) is 1. The second-order valence-electron chi connectivity index (χ2n) is 6.13. The lowest BCUT2D eigenvalue weighted by molar-refractivity contribution is 0.0459. The molecule has 22 heavy (non-hydrogen) atoms. The highest BCUT2D eigenvalue weighted by molar-refractivity contribution is 6.38. The van der Waals surface area contributed by atoms with Crippen molar-refractivity contribution in [1.29, 1.82) is 0 Å². The summed E-state index contributed by atoms with van der Waals surface area (Å²) in [5, 5.41) is 11.2. The number of halogens is 1. The number of carbonyl (C=O) groups is 1. The minimum Gasteiger partial charge on any atom is -0.393 e. The summed E-state index contributed by atoms with van der Waals surface area (Å²) >= 11 is 6.46. The number of nitrogens with zero attached hydrogens (tertiary/aromatic N) is 2. The van der Waals surface area contributed by atoms with Gasteiger partial charge in [0.25, 0.3) is 5.91 Å². The van der Waals surface area contributed by atoms with Crippen molar-refractivity contribution in [2.45, 2.75) is 25.9 Å². The van der Waals surface area contributed by atoms with E-state index in [0.29, 0.717) is 17.3 Å². The third-order valence-electron chi connectivity index (χ3n) is 4.68. The van der Waals surface area contributed by atoms with Crippen molar-refractivity contribution < 1.29 is 9.90 Å². The van der Waals surface area contributed by atoms with E-state index in [1.807, 2.05) is 40.8 Å². The molecule has 1 fully saturated rings. The molecule has 0 aliphatic carbocycles. The van der Waals surface area contributed by atoms with Crippen LogP contribution in [0.3, 0.4) is 0 Å². The van der Waals surface area contributed by atoms with Crippen molar-refractivity contribution in [1.82, 2.24) is 9.47 Å². The van der Waals surface area contributed by atoms with Crippen LogP contribution in [0.15, 0.2) is 24.3 Å². The molecule has 5 heteroatoms. The van der Waals surface area contributed by atoms with Gasteiger partial charge in [-0.25, -0.2) is 0 Å². The van der Waals surface area contributed by atoms with E-state index in [1.165, 1.54) is 0 Å². The van der Waals surface area contributed by atoms with Crippen molar-refractivity contribution in [3.8, 4) is 0 Å². The fraction of sp³-hybridized carbons (Fsp3) is 0.471. The van der Waals surface area contributed by atoms with E-state index in [1.54, 1.807) is 6.92 Å². The highest BCUT2D eigenvalue weighted by atomic mass is 35.5. The van der Waals surface area contributed by atoms with Crippen LogP contribution in [0.5, 0.6) is 0 Å². The number of benzene rings is 1. The average Bonchev–Trinajstić information content (AvgIpc) is 2.79. The Labute approximate surface area is 135 Å². The van der Waals surface area contributed by atoms with Gasteiger partial charge in [-0.1, -0.05) is 29.8 Å². The van der Waals surface area contributed by atoms with E-state index in [4.69, 9.17) is 11.6 Å². The summed E-state index contributed by atoms with van der Waals surface area (Å²) in [5.74, 6) is 0.0974. The zero-order valence-corrected chi connectivity index (χ0v) is 13.7. The first kappa shape index (κ1) is 15.4. The molecule has 4 nitrogen and oxygen atoms in total. The molecule has 1 saturated heterocycles. The van der Waals surface area contributed by atoms with Crippen molar-refractivity contribution in [3.63, 3.8) is 0 Å². The Kier molecular flexibility index (Phi) is 4.15. The predicted octanol–water partition coefficient (Wildman–Crippen LogP) is 3.06. The molecule has 1 amide bonds. The number of piperidine rings is 1. The normalized spacial score (nSPS) is 20.4. The molecule has 1 aromatic heterocycles. The van der Waals surface area contributed by atoms with E-state index in [2.05, 4.69) is 0 Å². The number of fused-ring (bicyclic) bond motifs is 1. The lowest BCUT2D eigenvalue weighted by Crippen LogP contribution is -2.43. The summed E-state index contributed by atoms with van der Waals surface area (Å²) in [7, 11) is 1.87. The van der Waals surface area contributed by atoms with Crippen LogP contribution >= 0.6 is 11.6 Å². The van der Waals surface area contributed by atoms with Crippen LogP contribution in [-0.4, -0.2) is 39.7 Å². The van der Waals surface area contributed by atoms with Crippen LogP contribution in [0.25, 0.3) is 10.9 Å². The minimum absolute atomic E-state index is 0.0472. The number of amides is 1. The van der Waals surface area contributed by atoms with E-state index in [0.717, 1.165) is 30.3 Å². The zero-order valence-electron chi connectivity index (χ0n) is 12.9. The summed E-state index contributed by atoms with van der Waals surface area (Å²) in [6, 6.07) is 7.76. The molecule has 0 bridgehead atoms. The Morgan fingerprint density at radius 2 is 2.14 bits per heavy atom.